The summed E-state index contributed by atoms with van der Waals surface area (Å²) in [6.45, 7) is 16.7. The average Bonchev–Trinajstić information content (AvgIpc) is 4.06. The lowest BCUT2D eigenvalue weighted by Gasteiger charge is -2.35. The summed E-state index contributed by atoms with van der Waals surface area (Å²) in [6.07, 6.45) is 4.73. The van der Waals surface area contributed by atoms with Gasteiger partial charge in [0.25, 0.3) is 0 Å². The van der Waals surface area contributed by atoms with Crippen LogP contribution in [0.1, 0.15) is 51.3 Å². The number of aliphatic hydroxyl groups is 2. The molecule has 6 aromatic rings. The SMILES string of the molecule is Cc1ncsc1-c1ccc(CNC(=O)C2CC(O)CN2C(=O)C(NCCOCCOCCN2CCN(c3ccc(Nc4cc5c(N6CCC(CO)CC6)nc(Nc6ccc(F)cc6)nc5cn4)nc3)CC2)C(C)(C)C)cc1. The van der Waals surface area contributed by atoms with E-state index in [2.05, 4.69) is 52.0 Å². The van der Waals surface area contributed by atoms with Crippen molar-refractivity contribution in [1.82, 2.24) is 45.4 Å². The number of rotatable bonds is 22. The molecule has 21 heteroatoms. The molecule has 0 spiro atoms. The minimum atomic E-state index is -0.782. The molecule has 77 heavy (non-hydrogen) atoms. The molecule has 0 aliphatic carbocycles. The third-order valence-electron chi connectivity index (χ3n) is 14.5. The van der Waals surface area contributed by atoms with E-state index in [0.717, 1.165) is 97.2 Å². The van der Waals surface area contributed by atoms with Crippen LogP contribution in [-0.2, 0) is 25.6 Å². The highest BCUT2D eigenvalue weighted by atomic mass is 32.1. The molecule has 19 nitrogen and oxygen atoms in total. The summed E-state index contributed by atoms with van der Waals surface area (Å²) in [5, 5.41) is 34.2. The fourth-order valence-electron chi connectivity index (χ4n) is 10.1. The van der Waals surface area contributed by atoms with Crippen molar-refractivity contribution in [2.45, 2.75) is 71.7 Å². The average molecular weight is 1070 g/mol. The smallest absolute Gasteiger partial charge is 0.243 e. The first kappa shape index (κ1) is 55.3. The van der Waals surface area contributed by atoms with Gasteiger partial charge in [-0.15, -0.1) is 11.3 Å². The minimum absolute atomic E-state index is 0.102. The summed E-state index contributed by atoms with van der Waals surface area (Å²) in [5.41, 5.74) is 6.76. The van der Waals surface area contributed by atoms with Gasteiger partial charge in [0.2, 0.25) is 17.8 Å². The summed E-state index contributed by atoms with van der Waals surface area (Å²) in [4.78, 5) is 60.5. The topological polar surface area (TPSA) is 219 Å². The Morgan fingerprint density at radius 1 is 0.844 bits per heavy atom. The second-order valence-corrected chi connectivity index (χ2v) is 22.0. The number of amides is 2. The number of aryl methyl sites for hydroxylation is 1. The summed E-state index contributed by atoms with van der Waals surface area (Å²) >= 11 is 1.59. The molecule has 3 aliphatic heterocycles. The number of piperidine rings is 1. The standard InChI is InChI=1S/C56H72FN13O6S/c1-37-50(77-36-62-37)40-7-5-38(6-8-40)31-61-53(73)47-29-44(72)34-70(47)54(74)51(56(2,3)4)58-17-25-75-27-28-76-26-24-67-20-22-68(23-21-67)43-13-14-48(59-32-43)65-49-30-45-46(33-60-49)64-55(63-42-11-9-41(57)10-12-42)66-52(45)69-18-15-39(35-71)16-19-69/h5-14,30,32-33,36,39,44,47,51,58,71-72H,15-29,31,34-35H2,1-4H3,(H,61,73)(H,59,60,65)(H,63,64,66). The van der Waals surface area contributed by atoms with E-state index in [9.17, 15) is 24.2 Å². The van der Waals surface area contributed by atoms with Crippen LogP contribution in [0.15, 0.2) is 84.6 Å². The van der Waals surface area contributed by atoms with E-state index in [1.165, 1.54) is 17.0 Å². The number of ether oxygens (including phenoxy) is 2. The second-order valence-electron chi connectivity index (χ2n) is 21.1. The highest BCUT2D eigenvalue weighted by Crippen LogP contribution is 2.33. The number of thiazole rings is 1. The highest BCUT2D eigenvalue weighted by Gasteiger charge is 2.44. The van der Waals surface area contributed by atoms with Gasteiger partial charge < -0.3 is 55.7 Å². The number of β-amino-alcohol motifs (C(OH)–C–C–N with tert-alkyl or cyclic N) is 1. The summed E-state index contributed by atoms with van der Waals surface area (Å²) < 4.78 is 25.4. The largest absolute Gasteiger partial charge is 0.396 e. The van der Waals surface area contributed by atoms with Crippen molar-refractivity contribution in [2.24, 2.45) is 11.3 Å². The van der Waals surface area contributed by atoms with Crippen molar-refractivity contribution in [1.29, 1.82) is 0 Å². The summed E-state index contributed by atoms with van der Waals surface area (Å²) in [6, 6.07) is 18.7. The molecule has 3 unspecified atom stereocenters. The number of halogens is 1. The number of nitrogens with zero attached hydrogens (tertiary/aromatic N) is 9. The molecular weight excluding hydrogens is 1000 g/mol. The van der Waals surface area contributed by atoms with E-state index in [4.69, 9.17) is 24.4 Å². The van der Waals surface area contributed by atoms with Crippen molar-refractivity contribution >= 4 is 68.8 Å². The molecule has 3 aliphatic rings. The van der Waals surface area contributed by atoms with Crippen LogP contribution >= 0.6 is 11.3 Å². The van der Waals surface area contributed by atoms with Gasteiger partial charge in [0.15, 0.2) is 0 Å². The molecule has 0 saturated carbocycles. The highest BCUT2D eigenvalue weighted by molar-refractivity contribution is 7.13. The molecule has 6 N–H and O–H groups in total. The molecule has 3 fully saturated rings. The van der Waals surface area contributed by atoms with Gasteiger partial charge in [-0.2, -0.15) is 4.98 Å². The molecule has 0 radical (unpaired) electrons. The monoisotopic (exact) mass is 1070 g/mol. The Kier molecular flexibility index (Phi) is 18.5. The number of pyridine rings is 2. The number of anilines is 6. The zero-order chi connectivity index (χ0) is 53.9. The normalized spacial score (nSPS) is 18.0. The zero-order valence-corrected chi connectivity index (χ0v) is 45.3. The predicted octanol–water partition coefficient (Wildman–Crippen LogP) is 6.12. The van der Waals surface area contributed by atoms with E-state index >= 15 is 0 Å². The van der Waals surface area contributed by atoms with Crippen molar-refractivity contribution in [2.75, 3.05) is 112 Å². The maximum atomic E-state index is 14.0. The lowest BCUT2D eigenvalue weighted by molar-refractivity contribution is -0.142. The van der Waals surface area contributed by atoms with Crippen LogP contribution in [0.4, 0.5) is 39.2 Å². The van der Waals surface area contributed by atoms with Gasteiger partial charge in [-0.1, -0.05) is 45.0 Å². The van der Waals surface area contributed by atoms with Crippen LogP contribution in [0.25, 0.3) is 21.3 Å². The number of hydrogen-bond donors (Lipinski definition) is 6. The quantitative estimate of drug-likeness (QED) is 0.0422. The molecule has 2 aromatic carbocycles. The number of likely N-dealkylation sites (tertiary alicyclic amines) is 1. The Bertz CT molecular complexity index is 2880. The summed E-state index contributed by atoms with van der Waals surface area (Å²) in [5.74, 6) is 1.88. The van der Waals surface area contributed by atoms with Crippen molar-refractivity contribution < 1.29 is 33.7 Å². The molecule has 410 valence electrons. The van der Waals surface area contributed by atoms with Crippen molar-refractivity contribution in [3.05, 3.63) is 102 Å². The molecule has 4 aromatic heterocycles. The number of nitrogens with one attached hydrogen (secondary N) is 4. The molecule has 7 heterocycles. The van der Waals surface area contributed by atoms with Crippen LogP contribution in [0.2, 0.25) is 0 Å². The first-order valence-corrected chi connectivity index (χ1v) is 27.6. The molecule has 3 saturated heterocycles. The Morgan fingerprint density at radius 2 is 1.58 bits per heavy atom. The lowest BCUT2D eigenvalue weighted by Crippen LogP contribution is -2.57. The van der Waals surface area contributed by atoms with Crippen LogP contribution in [-0.4, -0.2) is 167 Å². The van der Waals surface area contributed by atoms with Gasteiger partial charge in [0.1, 0.15) is 29.3 Å². The number of aromatic nitrogens is 5. The maximum Gasteiger partial charge on any atom is 0.243 e. The van der Waals surface area contributed by atoms with Crippen LogP contribution in [0.3, 0.4) is 0 Å². The van der Waals surface area contributed by atoms with E-state index in [-0.39, 0.29) is 43.1 Å². The number of fused-ring (bicyclic) bond motifs is 1. The van der Waals surface area contributed by atoms with E-state index < -0.39 is 23.6 Å². The first-order valence-electron chi connectivity index (χ1n) is 26.7. The van der Waals surface area contributed by atoms with E-state index in [1.807, 2.05) is 75.8 Å². The Labute approximate surface area is 453 Å². The van der Waals surface area contributed by atoms with Gasteiger partial charge in [0.05, 0.1) is 78.3 Å². The Balaban J connectivity index is 0.671. The Morgan fingerprint density at radius 3 is 2.27 bits per heavy atom. The number of carbonyl (C=O) groups is 2. The predicted molar refractivity (Wildman–Crippen MR) is 298 cm³/mol. The van der Waals surface area contributed by atoms with Crippen LogP contribution < -0.4 is 31.1 Å². The molecule has 0 bridgehead atoms. The van der Waals surface area contributed by atoms with Gasteiger partial charge in [-0.25, -0.2) is 24.3 Å². The van der Waals surface area contributed by atoms with Gasteiger partial charge in [-0.3, -0.25) is 14.5 Å². The zero-order valence-electron chi connectivity index (χ0n) is 44.5. The minimum Gasteiger partial charge on any atom is -0.396 e. The maximum absolute atomic E-state index is 14.0. The number of piperazine rings is 1. The van der Waals surface area contributed by atoms with Gasteiger partial charge in [0, 0.05) is 89.5 Å². The fourth-order valence-corrected chi connectivity index (χ4v) is 10.9. The van der Waals surface area contributed by atoms with E-state index in [0.29, 0.717) is 68.3 Å². The second kappa shape index (κ2) is 25.8. The van der Waals surface area contributed by atoms with Crippen LogP contribution in [0, 0.1) is 24.1 Å². The third kappa shape index (κ3) is 14.6. The lowest BCUT2D eigenvalue weighted by atomic mass is 9.85. The first-order chi connectivity index (χ1) is 37.3. The van der Waals surface area contributed by atoms with Crippen LogP contribution in [0.5, 0.6) is 0 Å². The third-order valence-corrected chi connectivity index (χ3v) is 15.5. The molecule has 3 atom stereocenters. The van der Waals surface area contributed by atoms with E-state index in [1.54, 1.807) is 29.7 Å². The Hall–Kier alpha value is -6.46. The molecule has 2 amide bonds. The fraction of sp³-hybridized carbons (Fsp3) is 0.482. The van der Waals surface area contributed by atoms with Crippen molar-refractivity contribution in [3.8, 4) is 10.4 Å². The molecular formula is C56H72FN13O6S. The number of hydrogen-bond acceptors (Lipinski definition) is 18. The number of benzene rings is 2. The number of carbonyl (C=O) groups excluding carboxylic acids is 2. The van der Waals surface area contributed by atoms with Crippen molar-refractivity contribution in [3.63, 3.8) is 0 Å². The van der Waals surface area contributed by atoms with Gasteiger partial charge in [-0.05, 0) is 84.7 Å². The van der Waals surface area contributed by atoms with Gasteiger partial charge >= 0.3 is 0 Å². The number of aliphatic hydroxyl groups excluding tert-OH is 2. The molecule has 9 rings (SSSR count). The summed E-state index contributed by atoms with van der Waals surface area (Å²) in [7, 11) is 0.